The number of aromatic nitrogens is 2. The number of nitrogens with zero attached hydrogens (tertiary/aromatic N) is 3. The molecule has 1 fully saturated rings. The molecule has 120 valence electrons. The SMILES string of the molecule is CNCC1CCN(S(=O)(=O)NCc2cn(C)nc2C)CC1. The molecular formula is C13H25N5O2S. The van der Waals surface area contributed by atoms with Crippen LogP contribution in [0.1, 0.15) is 24.1 Å². The number of hydrogen-bond acceptors (Lipinski definition) is 4. The molecule has 7 nitrogen and oxygen atoms in total. The molecule has 0 bridgehead atoms. The van der Waals surface area contributed by atoms with Crippen LogP contribution in [0.3, 0.4) is 0 Å². The lowest BCUT2D eigenvalue weighted by Crippen LogP contribution is -2.45. The molecule has 0 aliphatic carbocycles. The first kappa shape index (κ1) is 16.4. The monoisotopic (exact) mass is 315 g/mol. The molecule has 2 rings (SSSR count). The van der Waals surface area contributed by atoms with Crippen molar-refractivity contribution in [2.45, 2.75) is 26.3 Å². The highest BCUT2D eigenvalue weighted by molar-refractivity contribution is 7.87. The first-order valence-electron chi connectivity index (χ1n) is 7.31. The van der Waals surface area contributed by atoms with E-state index in [0.29, 0.717) is 25.6 Å². The van der Waals surface area contributed by atoms with Gasteiger partial charge in [-0.3, -0.25) is 4.68 Å². The molecule has 0 saturated carbocycles. The van der Waals surface area contributed by atoms with Crippen LogP contribution in [0, 0.1) is 12.8 Å². The van der Waals surface area contributed by atoms with Crippen molar-refractivity contribution in [3.63, 3.8) is 0 Å². The lowest BCUT2D eigenvalue weighted by atomic mass is 9.98. The van der Waals surface area contributed by atoms with Gasteiger partial charge >= 0.3 is 0 Å². The van der Waals surface area contributed by atoms with Crippen LogP contribution in [0.5, 0.6) is 0 Å². The molecule has 0 amide bonds. The summed E-state index contributed by atoms with van der Waals surface area (Å²) in [6.45, 7) is 4.31. The van der Waals surface area contributed by atoms with E-state index in [1.54, 1.807) is 8.99 Å². The Bertz CT molecular complexity index is 561. The zero-order chi connectivity index (χ0) is 15.5. The average Bonchev–Trinajstić information content (AvgIpc) is 2.76. The van der Waals surface area contributed by atoms with E-state index in [-0.39, 0.29) is 0 Å². The Hall–Kier alpha value is -0.960. The van der Waals surface area contributed by atoms with Crippen molar-refractivity contribution < 1.29 is 8.42 Å². The lowest BCUT2D eigenvalue weighted by Gasteiger charge is -2.31. The van der Waals surface area contributed by atoms with Crippen molar-refractivity contribution >= 4 is 10.2 Å². The van der Waals surface area contributed by atoms with Crippen LogP contribution in [0.15, 0.2) is 6.20 Å². The number of rotatable bonds is 6. The minimum absolute atomic E-state index is 0.290. The van der Waals surface area contributed by atoms with Gasteiger partial charge in [0.25, 0.3) is 10.2 Å². The summed E-state index contributed by atoms with van der Waals surface area (Å²) in [6.07, 6.45) is 3.67. The van der Waals surface area contributed by atoms with Crippen LogP contribution in [-0.2, 0) is 23.8 Å². The maximum atomic E-state index is 12.3. The molecule has 1 aromatic heterocycles. The van der Waals surface area contributed by atoms with Gasteiger partial charge in [0.2, 0.25) is 0 Å². The fraction of sp³-hybridized carbons (Fsp3) is 0.769. The Kier molecular flexibility index (Phi) is 5.37. The Labute approximate surface area is 126 Å². The van der Waals surface area contributed by atoms with Gasteiger partial charge < -0.3 is 5.32 Å². The van der Waals surface area contributed by atoms with Crippen molar-refractivity contribution in [3.8, 4) is 0 Å². The molecule has 21 heavy (non-hydrogen) atoms. The van der Waals surface area contributed by atoms with E-state index in [0.717, 1.165) is 30.6 Å². The van der Waals surface area contributed by atoms with Crippen molar-refractivity contribution in [3.05, 3.63) is 17.5 Å². The van der Waals surface area contributed by atoms with Gasteiger partial charge in [0.15, 0.2) is 0 Å². The van der Waals surface area contributed by atoms with Gasteiger partial charge in [-0.25, -0.2) is 0 Å². The summed E-state index contributed by atoms with van der Waals surface area (Å²) in [7, 11) is 0.361. The zero-order valence-corrected chi connectivity index (χ0v) is 13.8. The molecule has 2 N–H and O–H groups in total. The van der Waals surface area contributed by atoms with Crippen molar-refractivity contribution in [1.29, 1.82) is 0 Å². The fourth-order valence-corrected chi connectivity index (χ4v) is 3.94. The molecular weight excluding hydrogens is 290 g/mol. The van der Waals surface area contributed by atoms with E-state index >= 15 is 0 Å². The van der Waals surface area contributed by atoms with Gasteiger partial charge in [0.1, 0.15) is 0 Å². The average molecular weight is 315 g/mol. The molecule has 0 unspecified atom stereocenters. The van der Waals surface area contributed by atoms with Gasteiger partial charge in [0.05, 0.1) is 5.69 Å². The zero-order valence-electron chi connectivity index (χ0n) is 13.0. The van der Waals surface area contributed by atoms with Gasteiger partial charge in [-0.05, 0) is 39.3 Å². The van der Waals surface area contributed by atoms with Crippen molar-refractivity contribution in [2.75, 3.05) is 26.7 Å². The van der Waals surface area contributed by atoms with Crippen LogP contribution >= 0.6 is 0 Å². The molecule has 1 aromatic rings. The van der Waals surface area contributed by atoms with Crippen LogP contribution in [-0.4, -0.2) is 49.2 Å². The van der Waals surface area contributed by atoms with Crippen LogP contribution in [0.2, 0.25) is 0 Å². The van der Waals surface area contributed by atoms with Gasteiger partial charge in [-0.2, -0.15) is 22.5 Å². The van der Waals surface area contributed by atoms with Crippen molar-refractivity contribution in [2.24, 2.45) is 13.0 Å². The first-order valence-corrected chi connectivity index (χ1v) is 8.75. The van der Waals surface area contributed by atoms with E-state index < -0.39 is 10.2 Å². The molecule has 0 spiro atoms. The highest BCUT2D eigenvalue weighted by Crippen LogP contribution is 2.18. The highest BCUT2D eigenvalue weighted by atomic mass is 32.2. The van der Waals surface area contributed by atoms with Crippen LogP contribution in [0.4, 0.5) is 0 Å². The summed E-state index contributed by atoms with van der Waals surface area (Å²) in [6, 6.07) is 0. The molecule has 1 saturated heterocycles. The second-order valence-electron chi connectivity index (χ2n) is 5.64. The molecule has 0 atom stereocenters. The second-order valence-corrected chi connectivity index (χ2v) is 7.39. The standard InChI is InChI=1S/C13H25N5O2S/c1-11-13(10-17(3)16-11)9-15-21(19,20)18-6-4-12(5-7-18)8-14-2/h10,12,14-15H,4-9H2,1-3H3. The number of hydrogen-bond donors (Lipinski definition) is 2. The summed E-state index contributed by atoms with van der Waals surface area (Å²) >= 11 is 0. The smallest absolute Gasteiger partial charge is 0.279 e. The third kappa shape index (κ3) is 4.26. The van der Waals surface area contributed by atoms with E-state index in [9.17, 15) is 8.42 Å². The quantitative estimate of drug-likeness (QED) is 0.774. The molecule has 1 aliphatic rings. The number of aryl methyl sites for hydroxylation is 2. The summed E-state index contributed by atoms with van der Waals surface area (Å²) in [5.74, 6) is 0.571. The normalized spacial score (nSPS) is 18.2. The lowest BCUT2D eigenvalue weighted by molar-refractivity contribution is 0.268. The minimum atomic E-state index is -3.40. The van der Waals surface area contributed by atoms with Gasteiger partial charge in [0, 0.05) is 38.4 Å². The maximum Gasteiger partial charge on any atom is 0.279 e. The van der Waals surface area contributed by atoms with E-state index in [1.165, 1.54) is 0 Å². The largest absolute Gasteiger partial charge is 0.319 e. The molecule has 0 radical (unpaired) electrons. The van der Waals surface area contributed by atoms with Crippen molar-refractivity contribution in [1.82, 2.24) is 24.1 Å². The topological polar surface area (TPSA) is 79.3 Å². The number of nitrogens with one attached hydrogen (secondary N) is 2. The summed E-state index contributed by atoms with van der Waals surface area (Å²) in [4.78, 5) is 0. The third-order valence-electron chi connectivity index (χ3n) is 3.97. The predicted octanol–water partition coefficient (Wildman–Crippen LogP) is -0.00568. The van der Waals surface area contributed by atoms with Crippen LogP contribution < -0.4 is 10.0 Å². The summed E-state index contributed by atoms with van der Waals surface area (Å²) < 4.78 is 30.5. The Morgan fingerprint density at radius 3 is 2.57 bits per heavy atom. The van der Waals surface area contributed by atoms with Gasteiger partial charge in [-0.15, -0.1) is 0 Å². The summed E-state index contributed by atoms with van der Waals surface area (Å²) in [5.41, 5.74) is 1.76. The molecule has 8 heteroatoms. The second kappa shape index (κ2) is 6.87. The molecule has 1 aliphatic heterocycles. The highest BCUT2D eigenvalue weighted by Gasteiger charge is 2.27. The Morgan fingerprint density at radius 1 is 1.38 bits per heavy atom. The van der Waals surface area contributed by atoms with E-state index in [1.807, 2.05) is 27.2 Å². The first-order chi connectivity index (χ1) is 9.92. The number of piperidine rings is 1. The molecule has 0 aromatic carbocycles. The maximum absolute atomic E-state index is 12.3. The minimum Gasteiger partial charge on any atom is -0.319 e. The van der Waals surface area contributed by atoms with Gasteiger partial charge in [-0.1, -0.05) is 0 Å². The Morgan fingerprint density at radius 2 is 2.05 bits per heavy atom. The van der Waals surface area contributed by atoms with Crippen LogP contribution in [0.25, 0.3) is 0 Å². The fourth-order valence-electron chi connectivity index (χ4n) is 2.72. The predicted molar refractivity (Wildman–Crippen MR) is 81.9 cm³/mol. The third-order valence-corrected chi connectivity index (χ3v) is 5.52. The van der Waals surface area contributed by atoms with E-state index in [2.05, 4.69) is 15.1 Å². The summed E-state index contributed by atoms with van der Waals surface area (Å²) in [5, 5.41) is 7.37. The molecule has 2 heterocycles. The Balaban J connectivity index is 1.89. The van der Waals surface area contributed by atoms with E-state index in [4.69, 9.17) is 0 Å².